The Hall–Kier alpha value is -2.73. The van der Waals surface area contributed by atoms with E-state index >= 15 is 0 Å². The summed E-state index contributed by atoms with van der Waals surface area (Å²) in [5.74, 6) is 0.418. The first-order valence-electron chi connectivity index (χ1n) is 6.58. The number of methoxy groups -OCH3 is 1. The zero-order chi connectivity index (χ0) is 15.4. The predicted molar refractivity (Wildman–Crippen MR) is 86.3 cm³/mol. The zero-order valence-electron chi connectivity index (χ0n) is 11.8. The number of amides is 1. The van der Waals surface area contributed by atoms with Gasteiger partial charge in [0, 0.05) is 17.1 Å². The van der Waals surface area contributed by atoms with Crippen LogP contribution in [0.15, 0.2) is 54.0 Å². The number of hydrogen-bond acceptors (Lipinski definition) is 5. The first-order chi connectivity index (χ1) is 10.8. The summed E-state index contributed by atoms with van der Waals surface area (Å²) >= 11 is 1.36. The molecular weight excluding hydrogens is 298 g/mol. The molecule has 0 atom stereocenters. The van der Waals surface area contributed by atoms with Crippen LogP contribution >= 0.6 is 11.3 Å². The zero-order valence-corrected chi connectivity index (χ0v) is 12.6. The van der Waals surface area contributed by atoms with Gasteiger partial charge in [-0.2, -0.15) is 0 Å². The van der Waals surface area contributed by atoms with Crippen molar-refractivity contribution in [2.45, 2.75) is 0 Å². The lowest BCUT2D eigenvalue weighted by molar-refractivity contribution is 0.102. The van der Waals surface area contributed by atoms with Crippen LogP contribution < -0.4 is 10.1 Å². The Morgan fingerprint density at radius 3 is 2.86 bits per heavy atom. The topological polar surface area (TPSA) is 64.1 Å². The molecule has 0 radical (unpaired) electrons. The van der Waals surface area contributed by atoms with E-state index in [0.29, 0.717) is 16.4 Å². The average molecular weight is 311 g/mol. The molecule has 1 aromatic carbocycles. The highest BCUT2D eigenvalue weighted by atomic mass is 32.1. The number of carbonyl (C=O) groups is 1. The average Bonchev–Trinajstić information content (AvgIpc) is 3.04. The summed E-state index contributed by atoms with van der Waals surface area (Å²) in [6.45, 7) is 0. The maximum absolute atomic E-state index is 12.2. The van der Waals surface area contributed by atoms with Crippen LogP contribution in [0, 0.1) is 0 Å². The van der Waals surface area contributed by atoms with Crippen molar-refractivity contribution in [3.8, 4) is 17.1 Å². The quantitative estimate of drug-likeness (QED) is 0.801. The predicted octanol–water partition coefficient (Wildman–Crippen LogP) is 3.47. The molecule has 2 heterocycles. The normalized spacial score (nSPS) is 10.2. The Kier molecular flexibility index (Phi) is 4.11. The van der Waals surface area contributed by atoms with Gasteiger partial charge in [0.2, 0.25) is 0 Å². The van der Waals surface area contributed by atoms with Crippen LogP contribution in [0.2, 0.25) is 0 Å². The van der Waals surface area contributed by atoms with Gasteiger partial charge in [-0.1, -0.05) is 12.1 Å². The molecule has 0 spiro atoms. The minimum Gasteiger partial charge on any atom is -0.497 e. The molecule has 110 valence electrons. The first-order valence-corrected chi connectivity index (χ1v) is 7.46. The number of thiazole rings is 1. The number of aromatic nitrogens is 2. The van der Waals surface area contributed by atoms with Crippen LogP contribution in [0.5, 0.6) is 5.75 Å². The van der Waals surface area contributed by atoms with E-state index < -0.39 is 0 Å². The molecule has 1 N–H and O–H groups in total. The SMILES string of the molecule is COc1cccc(C(=O)Nc2nc(-c3ccccn3)cs2)c1. The number of benzene rings is 1. The fourth-order valence-corrected chi connectivity index (χ4v) is 2.60. The lowest BCUT2D eigenvalue weighted by Crippen LogP contribution is -2.11. The summed E-state index contributed by atoms with van der Waals surface area (Å²) in [5, 5.41) is 5.19. The van der Waals surface area contributed by atoms with Gasteiger partial charge >= 0.3 is 0 Å². The van der Waals surface area contributed by atoms with E-state index in [1.165, 1.54) is 11.3 Å². The summed E-state index contributed by atoms with van der Waals surface area (Å²) in [6.07, 6.45) is 1.71. The van der Waals surface area contributed by atoms with Crippen molar-refractivity contribution < 1.29 is 9.53 Å². The standard InChI is InChI=1S/C16H13N3O2S/c1-21-12-6-4-5-11(9-12)15(20)19-16-18-14(10-22-16)13-7-2-3-8-17-13/h2-10H,1H3,(H,18,19,20). The number of carbonyl (C=O) groups excluding carboxylic acids is 1. The molecule has 0 saturated heterocycles. The molecule has 0 unspecified atom stereocenters. The third-order valence-electron chi connectivity index (χ3n) is 2.98. The van der Waals surface area contributed by atoms with Gasteiger partial charge in [-0.25, -0.2) is 4.98 Å². The maximum atomic E-state index is 12.2. The fourth-order valence-electron chi connectivity index (χ4n) is 1.90. The van der Waals surface area contributed by atoms with E-state index in [4.69, 9.17) is 4.74 Å². The molecule has 0 aliphatic rings. The molecule has 0 saturated carbocycles. The van der Waals surface area contributed by atoms with Crippen LogP contribution in [-0.2, 0) is 0 Å². The van der Waals surface area contributed by atoms with E-state index in [2.05, 4.69) is 15.3 Å². The van der Waals surface area contributed by atoms with Crippen molar-refractivity contribution in [3.63, 3.8) is 0 Å². The van der Waals surface area contributed by atoms with Crippen molar-refractivity contribution in [1.82, 2.24) is 9.97 Å². The number of pyridine rings is 1. The molecule has 3 rings (SSSR count). The van der Waals surface area contributed by atoms with Gasteiger partial charge in [0.25, 0.3) is 5.91 Å². The molecule has 1 amide bonds. The highest BCUT2D eigenvalue weighted by Gasteiger charge is 2.11. The molecule has 3 aromatic rings. The fraction of sp³-hybridized carbons (Fsp3) is 0.0625. The Morgan fingerprint density at radius 1 is 1.18 bits per heavy atom. The van der Waals surface area contributed by atoms with Crippen LogP contribution in [0.3, 0.4) is 0 Å². The molecule has 0 aliphatic heterocycles. The van der Waals surface area contributed by atoms with E-state index in [1.54, 1.807) is 37.6 Å². The van der Waals surface area contributed by atoms with Crippen molar-refractivity contribution in [2.75, 3.05) is 12.4 Å². The molecule has 6 heteroatoms. The lowest BCUT2D eigenvalue weighted by Gasteiger charge is -2.04. The summed E-state index contributed by atoms with van der Waals surface area (Å²) in [4.78, 5) is 20.8. The second-order valence-corrected chi connectivity index (χ2v) is 5.30. The van der Waals surface area contributed by atoms with Gasteiger partial charge < -0.3 is 4.74 Å². The Bertz CT molecular complexity index is 787. The van der Waals surface area contributed by atoms with E-state index in [9.17, 15) is 4.79 Å². The lowest BCUT2D eigenvalue weighted by atomic mass is 10.2. The summed E-state index contributed by atoms with van der Waals surface area (Å²) in [6, 6.07) is 12.6. The minimum atomic E-state index is -0.221. The van der Waals surface area contributed by atoms with Crippen LogP contribution in [0.4, 0.5) is 5.13 Å². The van der Waals surface area contributed by atoms with Crippen molar-refractivity contribution in [2.24, 2.45) is 0 Å². The third-order valence-corrected chi connectivity index (χ3v) is 3.74. The third kappa shape index (κ3) is 3.12. The second-order valence-electron chi connectivity index (χ2n) is 4.44. The number of rotatable bonds is 4. The van der Waals surface area contributed by atoms with Crippen LogP contribution in [0.25, 0.3) is 11.4 Å². The number of ether oxygens (including phenoxy) is 1. The monoisotopic (exact) mass is 311 g/mol. The Balaban J connectivity index is 1.76. The molecule has 5 nitrogen and oxygen atoms in total. The number of hydrogen-bond donors (Lipinski definition) is 1. The van der Waals surface area contributed by atoms with Gasteiger partial charge in [0.05, 0.1) is 12.8 Å². The van der Waals surface area contributed by atoms with Gasteiger partial charge in [-0.3, -0.25) is 15.1 Å². The molecule has 2 aromatic heterocycles. The summed E-state index contributed by atoms with van der Waals surface area (Å²) < 4.78 is 5.12. The van der Waals surface area contributed by atoms with Gasteiger partial charge in [-0.05, 0) is 30.3 Å². The second kappa shape index (κ2) is 6.36. The number of anilines is 1. The minimum absolute atomic E-state index is 0.221. The van der Waals surface area contributed by atoms with E-state index in [0.717, 1.165) is 11.4 Å². The first kappa shape index (κ1) is 14.2. The van der Waals surface area contributed by atoms with Gasteiger partial charge in [-0.15, -0.1) is 11.3 Å². The van der Waals surface area contributed by atoms with Crippen LogP contribution in [-0.4, -0.2) is 23.0 Å². The number of nitrogens with zero attached hydrogens (tertiary/aromatic N) is 2. The molecule has 22 heavy (non-hydrogen) atoms. The molecule has 0 bridgehead atoms. The molecular formula is C16H13N3O2S. The molecule has 0 fully saturated rings. The maximum Gasteiger partial charge on any atom is 0.257 e. The van der Waals surface area contributed by atoms with Crippen LogP contribution in [0.1, 0.15) is 10.4 Å². The largest absolute Gasteiger partial charge is 0.497 e. The highest BCUT2D eigenvalue weighted by molar-refractivity contribution is 7.14. The van der Waals surface area contributed by atoms with E-state index in [1.807, 2.05) is 23.6 Å². The number of nitrogens with one attached hydrogen (secondary N) is 1. The Labute approximate surface area is 131 Å². The smallest absolute Gasteiger partial charge is 0.257 e. The van der Waals surface area contributed by atoms with E-state index in [-0.39, 0.29) is 5.91 Å². The summed E-state index contributed by atoms with van der Waals surface area (Å²) in [7, 11) is 1.57. The highest BCUT2D eigenvalue weighted by Crippen LogP contribution is 2.23. The van der Waals surface area contributed by atoms with Crippen molar-refractivity contribution >= 4 is 22.4 Å². The Morgan fingerprint density at radius 2 is 2.09 bits per heavy atom. The van der Waals surface area contributed by atoms with Crippen molar-refractivity contribution in [1.29, 1.82) is 0 Å². The van der Waals surface area contributed by atoms with Gasteiger partial charge in [0.15, 0.2) is 5.13 Å². The van der Waals surface area contributed by atoms with Crippen molar-refractivity contribution in [3.05, 3.63) is 59.6 Å². The molecule has 0 aliphatic carbocycles. The summed E-state index contributed by atoms with van der Waals surface area (Å²) in [5.41, 5.74) is 2.04. The van der Waals surface area contributed by atoms with Gasteiger partial charge in [0.1, 0.15) is 11.4 Å².